The molecule has 0 aromatic heterocycles. The minimum absolute atomic E-state index is 0.188. The molecule has 1 saturated heterocycles. The Morgan fingerprint density at radius 2 is 2.00 bits per heavy atom. The van der Waals surface area contributed by atoms with Crippen LogP contribution in [0.1, 0.15) is 39.5 Å². The Labute approximate surface area is 108 Å². The predicted molar refractivity (Wildman–Crippen MR) is 68.1 cm³/mol. The summed E-state index contributed by atoms with van der Waals surface area (Å²) < 4.78 is 0. The van der Waals surface area contributed by atoms with E-state index in [-0.39, 0.29) is 29.7 Å². The average molecular weight is 261 g/mol. The van der Waals surface area contributed by atoms with Crippen molar-refractivity contribution in [2.24, 2.45) is 5.41 Å². The summed E-state index contributed by atoms with van der Waals surface area (Å²) in [5.41, 5.74) is 0.243. The van der Waals surface area contributed by atoms with E-state index in [0.29, 0.717) is 0 Å². The van der Waals surface area contributed by atoms with Crippen LogP contribution in [0.4, 0.5) is 4.79 Å². The van der Waals surface area contributed by atoms with Crippen LogP contribution in [0.25, 0.3) is 0 Å². The Morgan fingerprint density at radius 3 is 2.47 bits per heavy atom. The molecule has 0 atom stereocenters. The fourth-order valence-corrected chi connectivity index (χ4v) is 2.45. The second kappa shape index (κ2) is 6.24. The molecule has 1 aliphatic rings. The quantitative estimate of drug-likeness (QED) is 0.789. The van der Waals surface area contributed by atoms with Gasteiger partial charge in [0.05, 0.1) is 0 Å². The van der Waals surface area contributed by atoms with Crippen LogP contribution < -0.4 is 5.32 Å². The van der Waals surface area contributed by atoms with E-state index < -0.39 is 0 Å². The predicted octanol–water partition coefficient (Wildman–Crippen LogP) is 2.36. The standard InChI is InChI=1S/C12H21ClN2O2/c1-3-12(4-2)6-8-15(9-12)11(17)14-10(16)5-7-13/h3-9H2,1-2H3,(H,14,16,17). The number of urea groups is 1. The molecule has 3 amide bonds. The number of nitrogens with zero attached hydrogens (tertiary/aromatic N) is 1. The minimum Gasteiger partial charge on any atom is -0.324 e. The highest BCUT2D eigenvalue weighted by atomic mass is 35.5. The summed E-state index contributed by atoms with van der Waals surface area (Å²) in [5.74, 6) is -0.0528. The zero-order chi connectivity index (χ0) is 12.9. The number of hydrogen-bond acceptors (Lipinski definition) is 2. The second-order valence-corrected chi connectivity index (χ2v) is 5.05. The highest BCUT2D eigenvalue weighted by Crippen LogP contribution is 2.36. The number of rotatable bonds is 4. The van der Waals surface area contributed by atoms with Crippen molar-refractivity contribution in [2.75, 3.05) is 19.0 Å². The molecular formula is C12H21ClN2O2. The molecule has 0 aromatic rings. The summed E-state index contributed by atoms with van der Waals surface area (Å²) in [5, 5.41) is 2.37. The lowest BCUT2D eigenvalue weighted by Gasteiger charge is -2.26. The molecule has 0 saturated carbocycles. The molecule has 1 N–H and O–H groups in total. The SMILES string of the molecule is CCC1(CC)CCN(C(=O)NC(=O)CCCl)C1. The molecule has 4 nitrogen and oxygen atoms in total. The van der Waals surface area contributed by atoms with Crippen molar-refractivity contribution >= 4 is 23.5 Å². The van der Waals surface area contributed by atoms with Crippen molar-refractivity contribution in [1.82, 2.24) is 10.2 Å². The normalized spacial score (nSPS) is 18.2. The van der Waals surface area contributed by atoms with Gasteiger partial charge in [0.15, 0.2) is 0 Å². The van der Waals surface area contributed by atoms with Gasteiger partial charge in [-0.05, 0) is 24.7 Å². The van der Waals surface area contributed by atoms with Crippen LogP contribution in [0, 0.1) is 5.41 Å². The molecule has 0 aromatic carbocycles. The van der Waals surface area contributed by atoms with Crippen LogP contribution in [0.3, 0.4) is 0 Å². The molecule has 0 unspecified atom stereocenters. The fourth-order valence-electron chi connectivity index (χ4n) is 2.28. The molecule has 1 rings (SSSR count). The third kappa shape index (κ3) is 3.60. The summed E-state index contributed by atoms with van der Waals surface area (Å²) in [6, 6.07) is -0.274. The Hall–Kier alpha value is -0.770. The van der Waals surface area contributed by atoms with E-state index in [1.165, 1.54) is 0 Å². The number of nitrogens with one attached hydrogen (secondary N) is 1. The van der Waals surface area contributed by atoms with Gasteiger partial charge in [0.25, 0.3) is 0 Å². The number of alkyl halides is 1. The van der Waals surface area contributed by atoms with Crippen LogP contribution in [0.5, 0.6) is 0 Å². The first-order valence-corrected chi connectivity index (χ1v) is 6.75. The topological polar surface area (TPSA) is 49.4 Å². The summed E-state index contributed by atoms with van der Waals surface area (Å²) >= 11 is 5.44. The van der Waals surface area contributed by atoms with Gasteiger partial charge in [-0.15, -0.1) is 11.6 Å². The molecule has 0 bridgehead atoms. The maximum absolute atomic E-state index is 11.8. The highest BCUT2D eigenvalue weighted by Gasteiger charge is 2.37. The maximum Gasteiger partial charge on any atom is 0.324 e. The van der Waals surface area contributed by atoms with Gasteiger partial charge in [-0.1, -0.05) is 13.8 Å². The van der Waals surface area contributed by atoms with Crippen LogP contribution in [-0.2, 0) is 4.79 Å². The van der Waals surface area contributed by atoms with Crippen molar-refractivity contribution in [3.63, 3.8) is 0 Å². The van der Waals surface area contributed by atoms with Crippen molar-refractivity contribution in [3.05, 3.63) is 0 Å². The van der Waals surface area contributed by atoms with Gasteiger partial charge in [-0.3, -0.25) is 10.1 Å². The highest BCUT2D eigenvalue weighted by molar-refractivity contribution is 6.19. The van der Waals surface area contributed by atoms with Gasteiger partial charge in [0, 0.05) is 25.4 Å². The van der Waals surface area contributed by atoms with E-state index in [0.717, 1.165) is 32.4 Å². The van der Waals surface area contributed by atoms with E-state index in [1.54, 1.807) is 4.90 Å². The average Bonchev–Trinajstić information content (AvgIpc) is 2.74. The van der Waals surface area contributed by atoms with Gasteiger partial charge < -0.3 is 4.90 Å². The van der Waals surface area contributed by atoms with Gasteiger partial charge in [0.1, 0.15) is 0 Å². The van der Waals surface area contributed by atoms with E-state index in [2.05, 4.69) is 19.2 Å². The van der Waals surface area contributed by atoms with Crippen LogP contribution in [0.2, 0.25) is 0 Å². The van der Waals surface area contributed by atoms with Crippen LogP contribution in [0.15, 0.2) is 0 Å². The number of amides is 3. The smallest absolute Gasteiger partial charge is 0.324 e. The van der Waals surface area contributed by atoms with E-state index in [4.69, 9.17) is 11.6 Å². The Morgan fingerprint density at radius 1 is 1.35 bits per heavy atom. The Balaban J connectivity index is 2.48. The van der Waals surface area contributed by atoms with E-state index in [1.807, 2.05) is 0 Å². The Kier molecular flexibility index (Phi) is 5.25. The number of imide groups is 1. The zero-order valence-electron chi connectivity index (χ0n) is 10.6. The summed E-state index contributed by atoms with van der Waals surface area (Å²) in [7, 11) is 0. The van der Waals surface area contributed by atoms with Crippen LogP contribution in [-0.4, -0.2) is 35.8 Å². The maximum atomic E-state index is 11.8. The van der Waals surface area contributed by atoms with Crippen molar-refractivity contribution in [1.29, 1.82) is 0 Å². The number of halogens is 1. The molecule has 0 aliphatic carbocycles. The molecular weight excluding hydrogens is 240 g/mol. The van der Waals surface area contributed by atoms with Gasteiger partial charge in [0.2, 0.25) is 5.91 Å². The molecule has 98 valence electrons. The molecule has 17 heavy (non-hydrogen) atoms. The largest absolute Gasteiger partial charge is 0.324 e. The van der Waals surface area contributed by atoms with Crippen molar-refractivity contribution in [3.8, 4) is 0 Å². The summed E-state index contributed by atoms with van der Waals surface area (Å²) in [6.07, 6.45) is 3.36. The lowest BCUT2D eigenvalue weighted by atomic mass is 9.82. The molecule has 1 aliphatic heterocycles. The van der Waals surface area contributed by atoms with Crippen molar-refractivity contribution in [2.45, 2.75) is 39.5 Å². The molecule has 1 heterocycles. The molecule has 0 spiro atoms. The number of carbonyl (C=O) groups is 2. The summed E-state index contributed by atoms with van der Waals surface area (Å²) in [6.45, 7) is 5.80. The first-order chi connectivity index (χ1) is 8.06. The van der Waals surface area contributed by atoms with E-state index in [9.17, 15) is 9.59 Å². The minimum atomic E-state index is -0.296. The lowest BCUT2D eigenvalue weighted by molar-refractivity contribution is -0.119. The molecule has 5 heteroatoms. The third-order valence-corrected chi connectivity index (χ3v) is 3.98. The molecule has 0 radical (unpaired) electrons. The van der Waals surface area contributed by atoms with Crippen LogP contribution >= 0.6 is 11.6 Å². The molecule has 1 fully saturated rings. The number of likely N-dealkylation sites (tertiary alicyclic amines) is 1. The number of hydrogen-bond donors (Lipinski definition) is 1. The first kappa shape index (κ1) is 14.3. The monoisotopic (exact) mass is 260 g/mol. The zero-order valence-corrected chi connectivity index (χ0v) is 11.3. The number of carbonyl (C=O) groups excluding carboxylic acids is 2. The lowest BCUT2D eigenvalue weighted by Crippen LogP contribution is -2.42. The first-order valence-electron chi connectivity index (χ1n) is 6.21. The van der Waals surface area contributed by atoms with E-state index >= 15 is 0 Å². The van der Waals surface area contributed by atoms with Gasteiger partial charge in [-0.2, -0.15) is 0 Å². The fraction of sp³-hybridized carbons (Fsp3) is 0.833. The van der Waals surface area contributed by atoms with Gasteiger partial charge in [-0.25, -0.2) is 4.79 Å². The van der Waals surface area contributed by atoms with Gasteiger partial charge >= 0.3 is 6.03 Å². The second-order valence-electron chi connectivity index (χ2n) is 4.67. The summed E-state index contributed by atoms with van der Waals surface area (Å²) in [4.78, 5) is 24.8. The third-order valence-electron chi connectivity index (χ3n) is 3.79. The van der Waals surface area contributed by atoms with Crippen molar-refractivity contribution < 1.29 is 9.59 Å². The Bertz CT molecular complexity index is 290.